The molecule has 4 heteroatoms. The van der Waals surface area contributed by atoms with Crippen LogP contribution in [0.5, 0.6) is 0 Å². The molecule has 0 aliphatic rings. The van der Waals surface area contributed by atoms with Crippen LogP contribution >= 0.6 is 6.04 Å². The summed E-state index contributed by atoms with van der Waals surface area (Å²) in [5.41, 5.74) is 0.597. The SMILES string of the molecule is N#CC(=C(O)c1ccccc1)P(=S)(c1ccccc1)c1ccccc1. The molecule has 0 unspecified atom stereocenters. The van der Waals surface area contributed by atoms with E-state index in [1.165, 1.54) is 0 Å². The summed E-state index contributed by atoms with van der Waals surface area (Å²) in [6, 6.07) is 27.9. The second kappa shape index (κ2) is 7.49. The van der Waals surface area contributed by atoms with E-state index < -0.39 is 6.04 Å². The minimum absolute atomic E-state index is 0.0425. The van der Waals surface area contributed by atoms with E-state index in [0.29, 0.717) is 5.56 Å². The molecule has 0 heterocycles. The van der Waals surface area contributed by atoms with Crippen LogP contribution in [-0.4, -0.2) is 5.11 Å². The summed E-state index contributed by atoms with van der Waals surface area (Å²) >= 11 is 6.10. The summed E-state index contributed by atoms with van der Waals surface area (Å²) in [7, 11) is 0. The first-order chi connectivity index (χ1) is 12.2. The van der Waals surface area contributed by atoms with Gasteiger partial charge in [0.25, 0.3) is 0 Å². The van der Waals surface area contributed by atoms with Gasteiger partial charge in [-0.1, -0.05) is 103 Å². The quantitative estimate of drug-likeness (QED) is 0.421. The Morgan fingerprint density at radius 3 is 1.56 bits per heavy atom. The number of aliphatic hydroxyl groups is 1. The first-order valence-corrected chi connectivity index (χ1v) is 10.6. The third-order valence-electron chi connectivity index (χ3n) is 3.93. The summed E-state index contributed by atoms with van der Waals surface area (Å²) in [6.07, 6.45) is 0. The molecule has 0 spiro atoms. The average molecular weight is 361 g/mol. The zero-order valence-corrected chi connectivity index (χ0v) is 15.1. The number of aliphatic hydroxyl groups excluding tert-OH is 1. The molecule has 0 atom stereocenters. The minimum atomic E-state index is -2.65. The molecule has 3 aromatic rings. The van der Waals surface area contributed by atoms with E-state index in [1.54, 1.807) is 12.1 Å². The highest BCUT2D eigenvalue weighted by Crippen LogP contribution is 2.53. The van der Waals surface area contributed by atoms with Crippen LogP contribution in [0.2, 0.25) is 0 Å². The predicted octanol–water partition coefficient (Wildman–Crippen LogP) is 4.57. The Balaban J connectivity index is 2.32. The van der Waals surface area contributed by atoms with Crippen molar-refractivity contribution in [3.63, 3.8) is 0 Å². The normalized spacial score (nSPS) is 12.1. The number of rotatable bonds is 4. The van der Waals surface area contributed by atoms with Crippen molar-refractivity contribution in [2.24, 2.45) is 0 Å². The van der Waals surface area contributed by atoms with Crippen LogP contribution in [-0.2, 0) is 11.8 Å². The Labute approximate surface area is 152 Å². The van der Waals surface area contributed by atoms with Gasteiger partial charge in [-0.05, 0) is 10.6 Å². The second-order valence-corrected chi connectivity index (χ2v) is 9.80. The number of benzene rings is 3. The Morgan fingerprint density at radius 1 is 0.760 bits per heavy atom. The van der Waals surface area contributed by atoms with Crippen molar-refractivity contribution in [1.29, 1.82) is 5.26 Å². The first-order valence-electron chi connectivity index (χ1n) is 7.78. The molecule has 0 aliphatic carbocycles. The van der Waals surface area contributed by atoms with Crippen LogP contribution in [0.15, 0.2) is 96.3 Å². The van der Waals surface area contributed by atoms with E-state index in [0.717, 1.165) is 10.6 Å². The van der Waals surface area contributed by atoms with E-state index in [-0.39, 0.29) is 11.1 Å². The Kier molecular flexibility index (Phi) is 5.14. The molecule has 0 bridgehead atoms. The third-order valence-corrected chi connectivity index (χ3v) is 8.74. The van der Waals surface area contributed by atoms with Gasteiger partial charge >= 0.3 is 0 Å². The first kappa shape index (κ1) is 17.2. The maximum Gasteiger partial charge on any atom is 0.142 e. The monoisotopic (exact) mass is 361 g/mol. The molecular weight excluding hydrogens is 345 g/mol. The van der Waals surface area contributed by atoms with Gasteiger partial charge in [0.2, 0.25) is 0 Å². The van der Waals surface area contributed by atoms with Gasteiger partial charge < -0.3 is 5.11 Å². The summed E-state index contributed by atoms with van der Waals surface area (Å²) in [4.78, 5) is 0. The van der Waals surface area contributed by atoms with E-state index in [2.05, 4.69) is 6.07 Å². The molecule has 0 aromatic heterocycles. The maximum atomic E-state index is 10.9. The Morgan fingerprint density at radius 2 is 1.16 bits per heavy atom. The van der Waals surface area contributed by atoms with E-state index in [4.69, 9.17) is 11.8 Å². The van der Waals surface area contributed by atoms with Crippen molar-refractivity contribution in [2.45, 2.75) is 0 Å². The van der Waals surface area contributed by atoms with Crippen molar-refractivity contribution >= 4 is 34.2 Å². The summed E-state index contributed by atoms with van der Waals surface area (Å²) in [6.45, 7) is 0. The highest BCUT2D eigenvalue weighted by atomic mass is 32.4. The number of nitrogens with zero attached hydrogens (tertiary/aromatic N) is 1. The number of nitriles is 1. The van der Waals surface area contributed by atoms with Crippen LogP contribution in [0, 0.1) is 11.3 Å². The lowest BCUT2D eigenvalue weighted by Gasteiger charge is -2.23. The number of hydrogen-bond donors (Lipinski definition) is 1. The molecule has 0 saturated heterocycles. The van der Waals surface area contributed by atoms with Crippen LogP contribution < -0.4 is 10.6 Å². The Hall–Kier alpha value is -2.66. The largest absolute Gasteiger partial charge is 0.506 e. The van der Waals surface area contributed by atoms with Crippen LogP contribution in [0.1, 0.15) is 5.56 Å². The molecule has 0 fully saturated rings. The molecule has 0 saturated carbocycles. The highest BCUT2D eigenvalue weighted by molar-refractivity contribution is 8.24. The van der Waals surface area contributed by atoms with Crippen LogP contribution in [0.4, 0.5) is 0 Å². The smallest absolute Gasteiger partial charge is 0.142 e. The zero-order chi connectivity index (χ0) is 17.7. The van der Waals surface area contributed by atoms with Gasteiger partial charge in [-0.3, -0.25) is 0 Å². The maximum absolute atomic E-state index is 10.9. The molecule has 1 N–H and O–H groups in total. The molecule has 3 rings (SSSR count). The lowest BCUT2D eigenvalue weighted by atomic mass is 10.2. The van der Waals surface area contributed by atoms with Crippen molar-refractivity contribution in [1.82, 2.24) is 0 Å². The fourth-order valence-corrected chi connectivity index (χ4v) is 6.37. The molecule has 0 radical (unpaired) electrons. The standard InChI is InChI=1S/C21H16NOPS/c22-16-20(21(23)17-10-4-1-5-11-17)24(25,18-12-6-2-7-13-18)19-14-8-3-9-15-19/h1-15,23H. The predicted molar refractivity (Wildman–Crippen MR) is 108 cm³/mol. The van der Waals surface area contributed by atoms with Gasteiger partial charge in [-0.2, -0.15) is 5.26 Å². The van der Waals surface area contributed by atoms with Crippen molar-refractivity contribution in [2.75, 3.05) is 0 Å². The minimum Gasteiger partial charge on any atom is -0.506 e. The number of hydrogen-bond acceptors (Lipinski definition) is 3. The van der Waals surface area contributed by atoms with Gasteiger partial charge in [0.05, 0.1) is 6.04 Å². The molecule has 0 aliphatic heterocycles. The molecule has 0 amide bonds. The molecule has 25 heavy (non-hydrogen) atoms. The highest BCUT2D eigenvalue weighted by Gasteiger charge is 2.30. The van der Waals surface area contributed by atoms with Gasteiger partial charge in [-0.25, -0.2) is 0 Å². The molecule has 122 valence electrons. The fourth-order valence-electron chi connectivity index (χ4n) is 2.69. The lowest BCUT2D eigenvalue weighted by Crippen LogP contribution is -2.17. The number of allylic oxidation sites excluding steroid dienone is 1. The summed E-state index contributed by atoms with van der Waals surface area (Å²) in [5, 5.41) is 22.8. The van der Waals surface area contributed by atoms with E-state index >= 15 is 0 Å². The average Bonchev–Trinajstić information content (AvgIpc) is 2.70. The molecular formula is C21H16NOPS. The fraction of sp³-hybridized carbons (Fsp3) is 0. The third kappa shape index (κ3) is 3.28. The van der Waals surface area contributed by atoms with Gasteiger partial charge in [0.15, 0.2) is 0 Å². The lowest BCUT2D eigenvalue weighted by molar-refractivity contribution is 0.511. The van der Waals surface area contributed by atoms with Crippen molar-refractivity contribution < 1.29 is 5.11 Å². The van der Waals surface area contributed by atoms with E-state index in [1.807, 2.05) is 78.9 Å². The topological polar surface area (TPSA) is 44.0 Å². The van der Waals surface area contributed by atoms with Crippen molar-refractivity contribution in [3.8, 4) is 6.07 Å². The van der Waals surface area contributed by atoms with Crippen molar-refractivity contribution in [3.05, 3.63) is 102 Å². The summed E-state index contributed by atoms with van der Waals surface area (Å²) in [5.74, 6) is -0.0425. The van der Waals surface area contributed by atoms with Gasteiger partial charge in [0.1, 0.15) is 17.1 Å². The van der Waals surface area contributed by atoms with Gasteiger partial charge in [-0.15, -0.1) is 0 Å². The molecule has 3 aromatic carbocycles. The summed E-state index contributed by atoms with van der Waals surface area (Å²) < 4.78 is 0. The Bertz CT molecular complexity index is 933. The van der Waals surface area contributed by atoms with E-state index in [9.17, 15) is 10.4 Å². The van der Waals surface area contributed by atoms with Crippen LogP contribution in [0.25, 0.3) is 5.76 Å². The zero-order valence-electron chi connectivity index (χ0n) is 13.4. The second-order valence-electron chi connectivity index (χ2n) is 5.46. The van der Waals surface area contributed by atoms with Crippen LogP contribution in [0.3, 0.4) is 0 Å². The van der Waals surface area contributed by atoms with Gasteiger partial charge in [0, 0.05) is 5.56 Å². The molecule has 2 nitrogen and oxygen atoms in total.